The zero-order chi connectivity index (χ0) is 12.1. The van der Waals surface area contributed by atoms with Gasteiger partial charge in [-0.25, -0.2) is 0 Å². The maximum absolute atomic E-state index is 5.80. The Bertz CT molecular complexity index is 546. The van der Waals surface area contributed by atoms with Gasteiger partial charge in [0.15, 0.2) is 0 Å². The van der Waals surface area contributed by atoms with Crippen molar-refractivity contribution in [2.75, 3.05) is 6.54 Å². The van der Waals surface area contributed by atoms with Crippen LogP contribution in [-0.2, 0) is 6.54 Å². The Labute approximate surface area is 105 Å². The number of hydrogen-bond acceptors (Lipinski definition) is 2. The summed E-state index contributed by atoms with van der Waals surface area (Å²) >= 11 is 5.80. The molecule has 0 aliphatic heterocycles. The molecule has 1 heterocycles. The first-order valence-corrected chi connectivity index (χ1v) is 5.61. The van der Waals surface area contributed by atoms with Gasteiger partial charge in [0.2, 0.25) is 0 Å². The molecule has 2 aromatic rings. The molecule has 2 N–H and O–H groups in total. The lowest BCUT2D eigenvalue weighted by molar-refractivity contribution is 0.687. The van der Waals surface area contributed by atoms with Crippen molar-refractivity contribution >= 4 is 11.6 Å². The predicted molar refractivity (Wildman–Crippen MR) is 68.7 cm³/mol. The van der Waals surface area contributed by atoms with Gasteiger partial charge in [-0.3, -0.25) is 4.68 Å². The molecular weight excluding hydrogens is 234 g/mol. The minimum absolute atomic E-state index is 0.382. The van der Waals surface area contributed by atoms with Gasteiger partial charge in [0.05, 0.1) is 24.3 Å². The van der Waals surface area contributed by atoms with E-state index < -0.39 is 0 Å². The zero-order valence-electron chi connectivity index (χ0n) is 9.23. The highest BCUT2D eigenvalue weighted by Crippen LogP contribution is 2.08. The molecule has 0 bridgehead atoms. The molecule has 2 rings (SSSR count). The third-order valence-corrected chi connectivity index (χ3v) is 2.43. The van der Waals surface area contributed by atoms with E-state index in [4.69, 9.17) is 17.3 Å². The number of halogens is 1. The summed E-state index contributed by atoms with van der Waals surface area (Å²) in [6.07, 6.45) is 3.42. The number of aromatic nitrogens is 2. The van der Waals surface area contributed by atoms with E-state index in [2.05, 4.69) is 16.9 Å². The second-order valence-corrected chi connectivity index (χ2v) is 4.00. The smallest absolute Gasteiger partial charge is 0.0785 e. The van der Waals surface area contributed by atoms with E-state index in [-0.39, 0.29) is 0 Å². The summed E-state index contributed by atoms with van der Waals surface area (Å²) in [6.45, 7) is 1.09. The van der Waals surface area contributed by atoms with Crippen LogP contribution in [0.1, 0.15) is 11.1 Å². The van der Waals surface area contributed by atoms with Crippen LogP contribution in [0.3, 0.4) is 0 Å². The summed E-state index contributed by atoms with van der Waals surface area (Å²) in [5.74, 6) is 5.80. The van der Waals surface area contributed by atoms with Crippen LogP contribution in [0, 0.1) is 11.8 Å². The summed E-state index contributed by atoms with van der Waals surface area (Å²) in [5, 5.41) is 4.77. The minimum atomic E-state index is 0.382. The van der Waals surface area contributed by atoms with Crippen molar-refractivity contribution in [3.8, 4) is 11.8 Å². The number of hydrogen-bond donors (Lipinski definition) is 1. The van der Waals surface area contributed by atoms with Gasteiger partial charge in [-0.1, -0.05) is 35.6 Å². The van der Waals surface area contributed by atoms with Gasteiger partial charge < -0.3 is 5.73 Å². The van der Waals surface area contributed by atoms with Gasteiger partial charge in [-0.15, -0.1) is 0 Å². The molecule has 1 aromatic carbocycles. The van der Waals surface area contributed by atoms with E-state index in [0.717, 1.165) is 11.1 Å². The fourth-order valence-electron chi connectivity index (χ4n) is 1.46. The minimum Gasteiger partial charge on any atom is -0.320 e. The van der Waals surface area contributed by atoms with Crippen molar-refractivity contribution in [1.29, 1.82) is 0 Å². The fraction of sp³-hybridized carbons (Fsp3) is 0.154. The molecule has 0 spiro atoms. The molecule has 0 fully saturated rings. The number of rotatable bonds is 2. The summed E-state index contributed by atoms with van der Waals surface area (Å²) in [7, 11) is 0. The first-order chi connectivity index (χ1) is 8.28. The Morgan fingerprint density at radius 2 is 2.06 bits per heavy atom. The maximum Gasteiger partial charge on any atom is 0.0785 e. The van der Waals surface area contributed by atoms with Crippen LogP contribution >= 0.6 is 11.6 Å². The Kier molecular flexibility index (Phi) is 3.81. The molecule has 0 amide bonds. The standard InChI is InChI=1S/C13H12ClN3/c14-13-8-16-17(10-13)9-12-5-3-11(4-6-12)2-1-7-15/h3-6,8,10H,7,9,15H2. The Morgan fingerprint density at radius 3 is 2.65 bits per heavy atom. The van der Waals surface area contributed by atoms with E-state index in [9.17, 15) is 0 Å². The molecular formula is C13H12ClN3. The molecule has 17 heavy (non-hydrogen) atoms. The highest BCUT2D eigenvalue weighted by molar-refractivity contribution is 6.30. The van der Waals surface area contributed by atoms with Crippen LogP contribution in [0.2, 0.25) is 5.02 Å². The molecule has 4 heteroatoms. The first-order valence-electron chi connectivity index (χ1n) is 5.24. The summed E-state index contributed by atoms with van der Waals surface area (Å²) in [6, 6.07) is 8.00. The average Bonchev–Trinajstić information content (AvgIpc) is 2.74. The Balaban J connectivity index is 2.08. The van der Waals surface area contributed by atoms with Crippen LogP contribution < -0.4 is 5.73 Å². The van der Waals surface area contributed by atoms with Crippen molar-refractivity contribution < 1.29 is 0 Å². The fourth-order valence-corrected chi connectivity index (χ4v) is 1.61. The van der Waals surface area contributed by atoms with Crippen LogP contribution in [0.4, 0.5) is 0 Å². The van der Waals surface area contributed by atoms with Crippen LogP contribution in [0.25, 0.3) is 0 Å². The molecule has 0 radical (unpaired) electrons. The van der Waals surface area contributed by atoms with Crippen LogP contribution in [0.15, 0.2) is 36.7 Å². The Morgan fingerprint density at radius 1 is 1.29 bits per heavy atom. The summed E-state index contributed by atoms with van der Waals surface area (Å²) < 4.78 is 1.79. The topological polar surface area (TPSA) is 43.8 Å². The molecule has 86 valence electrons. The highest BCUT2D eigenvalue weighted by Gasteiger charge is 1.97. The van der Waals surface area contributed by atoms with Crippen molar-refractivity contribution in [2.45, 2.75) is 6.54 Å². The monoisotopic (exact) mass is 245 g/mol. The molecule has 0 aliphatic rings. The van der Waals surface area contributed by atoms with Crippen LogP contribution in [0.5, 0.6) is 0 Å². The number of nitrogens with zero attached hydrogens (tertiary/aromatic N) is 2. The summed E-state index contributed by atoms with van der Waals surface area (Å²) in [4.78, 5) is 0. The molecule has 0 saturated carbocycles. The zero-order valence-corrected chi connectivity index (χ0v) is 9.98. The number of nitrogens with two attached hydrogens (primary N) is 1. The molecule has 0 atom stereocenters. The predicted octanol–water partition coefficient (Wildman–Crippen LogP) is 1.90. The average molecular weight is 246 g/mol. The van der Waals surface area contributed by atoms with Gasteiger partial charge in [-0.2, -0.15) is 5.10 Å². The molecule has 3 nitrogen and oxygen atoms in total. The van der Waals surface area contributed by atoms with E-state index in [1.807, 2.05) is 24.3 Å². The Hall–Kier alpha value is -1.76. The first kappa shape index (κ1) is 11.7. The van der Waals surface area contributed by atoms with Gasteiger partial charge >= 0.3 is 0 Å². The third-order valence-electron chi connectivity index (χ3n) is 2.24. The van der Waals surface area contributed by atoms with Crippen LogP contribution in [-0.4, -0.2) is 16.3 Å². The molecule has 0 unspecified atom stereocenters. The van der Waals surface area contributed by atoms with Crippen molar-refractivity contribution in [3.63, 3.8) is 0 Å². The van der Waals surface area contributed by atoms with E-state index >= 15 is 0 Å². The number of benzene rings is 1. The normalized spacial score (nSPS) is 9.76. The second-order valence-electron chi connectivity index (χ2n) is 3.56. The lowest BCUT2D eigenvalue weighted by Gasteiger charge is -2.01. The van der Waals surface area contributed by atoms with E-state index in [0.29, 0.717) is 18.1 Å². The highest BCUT2D eigenvalue weighted by atomic mass is 35.5. The SMILES string of the molecule is NCC#Cc1ccc(Cn2cc(Cl)cn2)cc1. The van der Waals surface area contributed by atoms with E-state index in [1.54, 1.807) is 17.1 Å². The van der Waals surface area contributed by atoms with Gasteiger partial charge in [-0.05, 0) is 17.7 Å². The van der Waals surface area contributed by atoms with Gasteiger partial charge in [0.25, 0.3) is 0 Å². The van der Waals surface area contributed by atoms with Crippen molar-refractivity contribution in [3.05, 3.63) is 52.8 Å². The quantitative estimate of drug-likeness (QED) is 0.822. The maximum atomic E-state index is 5.80. The van der Waals surface area contributed by atoms with Crippen molar-refractivity contribution in [2.24, 2.45) is 5.73 Å². The molecule has 0 aliphatic carbocycles. The molecule has 1 aromatic heterocycles. The second kappa shape index (κ2) is 5.53. The van der Waals surface area contributed by atoms with Gasteiger partial charge in [0.1, 0.15) is 0 Å². The third kappa shape index (κ3) is 3.35. The van der Waals surface area contributed by atoms with E-state index in [1.165, 1.54) is 0 Å². The largest absolute Gasteiger partial charge is 0.320 e. The lowest BCUT2D eigenvalue weighted by atomic mass is 10.1. The molecule has 0 saturated heterocycles. The van der Waals surface area contributed by atoms with Gasteiger partial charge in [0, 0.05) is 11.8 Å². The summed E-state index contributed by atoms with van der Waals surface area (Å²) in [5.41, 5.74) is 7.44. The van der Waals surface area contributed by atoms with Crippen molar-refractivity contribution in [1.82, 2.24) is 9.78 Å². The lowest BCUT2D eigenvalue weighted by Crippen LogP contribution is -1.99.